The van der Waals surface area contributed by atoms with Crippen molar-refractivity contribution in [3.63, 3.8) is 0 Å². The van der Waals surface area contributed by atoms with Gasteiger partial charge < -0.3 is 10.6 Å². The Morgan fingerprint density at radius 1 is 1.30 bits per heavy atom. The molecule has 5 nitrogen and oxygen atoms in total. The highest BCUT2D eigenvalue weighted by Crippen LogP contribution is 2.25. The van der Waals surface area contributed by atoms with Crippen LogP contribution in [0.5, 0.6) is 0 Å². The number of rotatable bonds is 5. The molecule has 1 saturated heterocycles. The van der Waals surface area contributed by atoms with Crippen LogP contribution < -0.4 is 10.6 Å². The molecule has 130 valence electrons. The highest BCUT2D eigenvalue weighted by atomic mass is 127. The fourth-order valence-electron chi connectivity index (χ4n) is 2.28. The van der Waals surface area contributed by atoms with Crippen LogP contribution in [0, 0.1) is 0 Å². The van der Waals surface area contributed by atoms with Crippen molar-refractivity contribution in [2.45, 2.75) is 29.5 Å². The average Bonchev–Trinajstić information content (AvgIpc) is 3.00. The number of nitrogens with zero attached hydrogens (tertiary/aromatic N) is 1. The fourth-order valence-corrected chi connectivity index (χ4v) is 4.11. The zero-order valence-corrected chi connectivity index (χ0v) is 17.4. The molecule has 0 bridgehead atoms. The van der Waals surface area contributed by atoms with Crippen LogP contribution in [0.1, 0.15) is 18.4 Å². The first-order valence-corrected chi connectivity index (χ1v) is 10.3. The minimum atomic E-state index is -3.13. The average molecular weight is 469 g/mol. The second-order valence-electron chi connectivity index (χ2n) is 5.36. The first-order chi connectivity index (χ1) is 10.5. The summed E-state index contributed by atoms with van der Waals surface area (Å²) in [5, 5.41) is 7.26. The molecule has 1 aliphatic rings. The number of sulfone groups is 1. The third kappa shape index (κ3) is 6.88. The van der Waals surface area contributed by atoms with Crippen molar-refractivity contribution >= 4 is 51.5 Å². The summed E-state index contributed by atoms with van der Waals surface area (Å²) in [6.07, 6.45) is 3.78. The molecule has 1 unspecified atom stereocenters. The van der Waals surface area contributed by atoms with Gasteiger partial charge in [-0.25, -0.2) is 8.42 Å². The summed E-state index contributed by atoms with van der Waals surface area (Å²) < 4.78 is 22.8. The van der Waals surface area contributed by atoms with E-state index in [0.29, 0.717) is 16.7 Å². The molecule has 0 spiro atoms. The molecular weight excluding hydrogens is 445 g/mol. The molecule has 0 aliphatic carbocycles. The number of benzene rings is 1. The Kier molecular flexibility index (Phi) is 8.70. The van der Waals surface area contributed by atoms with Gasteiger partial charge in [-0.3, -0.25) is 4.99 Å². The van der Waals surface area contributed by atoms with Crippen molar-refractivity contribution in [2.24, 2.45) is 4.99 Å². The summed E-state index contributed by atoms with van der Waals surface area (Å²) in [6.45, 7) is 1.54. The number of halogens is 1. The lowest BCUT2D eigenvalue weighted by Crippen LogP contribution is -2.39. The van der Waals surface area contributed by atoms with Gasteiger partial charge in [-0.2, -0.15) is 11.8 Å². The van der Waals surface area contributed by atoms with E-state index in [1.807, 2.05) is 23.9 Å². The third-order valence-corrected chi connectivity index (χ3v) is 6.08. The molecule has 1 atom stereocenters. The normalized spacial score (nSPS) is 18.3. The topological polar surface area (TPSA) is 70.6 Å². The van der Waals surface area contributed by atoms with E-state index < -0.39 is 9.84 Å². The molecule has 1 aromatic rings. The summed E-state index contributed by atoms with van der Waals surface area (Å²) in [6, 6.07) is 6.92. The Balaban J connectivity index is 0.00000264. The maximum atomic E-state index is 11.4. The molecule has 0 radical (unpaired) electrons. The summed E-state index contributed by atoms with van der Waals surface area (Å²) in [4.78, 5) is 4.55. The molecule has 1 aliphatic heterocycles. The number of hydrogen-bond acceptors (Lipinski definition) is 4. The van der Waals surface area contributed by atoms with E-state index in [9.17, 15) is 8.42 Å². The molecule has 0 amide bonds. The summed E-state index contributed by atoms with van der Waals surface area (Å²) >= 11 is 2.01. The lowest BCUT2D eigenvalue weighted by atomic mass is 10.2. The standard InChI is InChI=1S/C15H23N3O2S2.HI/c1-16-15(18-11-13-4-3-9-21-13)17-10-12-5-7-14(8-6-12)22(2,19)20;/h5-8,13H,3-4,9-11H2,1-2H3,(H2,16,17,18);1H. The minimum absolute atomic E-state index is 0. The smallest absolute Gasteiger partial charge is 0.191 e. The van der Waals surface area contributed by atoms with Crippen LogP contribution in [0.3, 0.4) is 0 Å². The van der Waals surface area contributed by atoms with Gasteiger partial charge in [0.05, 0.1) is 4.90 Å². The number of thioether (sulfide) groups is 1. The van der Waals surface area contributed by atoms with Crippen molar-refractivity contribution in [1.82, 2.24) is 10.6 Å². The van der Waals surface area contributed by atoms with Gasteiger partial charge in [0.1, 0.15) is 0 Å². The van der Waals surface area contributed by atoms with E-state index >= 15 is 0 Å². The van der Waals surface area contributed by atoms with Gasteiger partial charge in [0, 0.05) is 31.6 Å². The van der Waals surface area contributed by atoms with Crippen LogP contribution in [0.25, 0.3) is 0 Å². The Morgan fingerprint density at radius 3 is 2.52 bits per heavy atom. The zero-order chi connectivity index (χ0) is 16.0. The quantitative estimate of drug-likeness (QED) is 0.394. The Labute approximate surface area is 160 Å². The minimum Gasteiger partial charge on any atom is -0.355 e. The first-order valence-electron chi connectivity index (χ1n) is 7.34. The largest absolute Gasteiger partial charge is 0.355 e. The lowest BCUT2D eigenvalue weighted by Gasteiger charge is -2.15. The second kappa shape index (κ2) is 9.73. The van der Waals surface area contributed by atoms with Crippen LogP contribution in [0.15, 0.2) is 34.2 Å². The lowest BCUT2D eigenvalue weighted by molar-refractivity contribution is 0.602. The molecular formula is C15H24IN3O2S2. The van der Waals surface area contributed by atoms with Gasteiger partial charge in [-0.05, 0) is 36.3 Å². The molecule has 0 saturated carbocycles. The van der Waals surface area contributed by atoms with Crippen LogP contribution in [0.2, 0.25) is 0 Å². The monoisotopic (exact) mass is 469 g/mol. The zero-order valence-electron chi connectivity index (χ0n) is 13.4. The highest BCUT2D eigenvalue weighted by molar-refractivity contribution is 14.0. The van der Waals surface area contributed by atoms with Crippen molar-refractivity contribution < 1.29 is 8.42 Å². The number of nitrogens with one attached hydrogen (secondary N) is 2. The fraction of sp³-hybridized carbons (Fsp3) is 0.533. The van der Waals surface area contributed by atoms with Crippen LogP contribution in [-0.2, 0) is 16.4 Å². The second-order valence-corrected chi connectivity index (χ2v) is 8.78. The van der Waals surface area contributed by atoms with Crippen LogP contribution in [-0.4, -0.2) is 45.2 Å². The van der Waals surface area contributed by atoms with E-state index in [1.165, 1.54) is 24.9 Å². The SMILES string of the molecule is CN=C(NCc1ccc(S(C)(=O)=O)cc1)NCC1CCCS1.I. The van der Waals surface area contributed by atoms with Crippen molar-refractivity contribution in [1.29, 1.82) is 0 Å². The van der Waals surface area contributed by atoms with Crippen LogP contribution >= 0.6 is 35.7 Å². The third-order valence-electron chi connectivity index (χ3n) is 3.56. The van der Waals surface area contributed by atoms with E-state index in [-0.39, 0.29) is 24.0 Å². The summed E-state index contributed by atoms with van der Waals surface area (Å²) in [5.41, 5.74) is 1.02. The molecule has 8 heteroatoms. The van der Waals surface area contributed by atoms with E-state index in [2.05, 4.69) is 15.6 Å². The molecule has 2 N–H and O–H groups in total. The molecule has 0 aromatic heterocycles. The maximum absolute atomic E-state index is 11.4. The van der Waals surface area contributed by atoms with Crippen molar-refractivity contribution in [3.8, 4) is 0 Å². The predicted molar refractivity (Wildman–Crippen MR) is 109 cm³/mol. The van der Waals surface area contributed by atoms with E-state index in [4.69, 9.17) is 0 Å². The molecule has 1 aromatic carbocycles. The Morgan fingerprint density at radius 2 is 2.00 bits per heavy atom. The summed E-state index contributed by atoms with van der Waals surface area (Å²) in [7, 11) is -1.38. The van der Waals surface area contributed by atoms with Gasteiger partial charge in [0.2, 0.25) is 0 Å². The Hall–Kier alpha value is -0.480. The van der Waals surface area contributed by atoms with Crippen LogP contribution in [0.4, 0.5) is 0 Å². The van der Waals surface area contributed by atoms with Crippen molar-refractivity contribution in [2.75, 3.05) is 25.6 Å². The van der Waals surface area contributed by atoms with Gasteiger partial charge in [-0.1, -0.05) is 12.1 Å². The van der Waals surface area contributed by atoms with Gasteiger partial charge in [0.25, 0.3) is 0 Å². The van der Waals surface area contributed by atoms with Gasteiger partial charge in [0.15, 0.2) is 15.8 Å². The Bertz CT molecular complexity index is 612. The van der Waals surface area contributed by atoms with Gasteiger partial charge in [-0.15, -0.1) is 24.0 Å². The highest BCUT2D eigenvalue weighted by Gasteiger charge is 2.15. The van der Waals surface area contributed by atoms with E-state index in [1.54, 1.807) is 19.2 Å². The number of hydrogen-bond donors (Lipinski definition) is 2. The van der Waals surface area contributed by atoms with Crippen molar-refractivity contribution in [3.05, 3.63) is 29.8 Å². The maximum Gasteiger partial charge on any atom is 0.191 e. The van der Waals surface area contributed by atoms with E-state index in [0.717, 1.165) is 18.1 Å². The summed E-state index contributed by atoms with van der Waals surface area (Å²) in [5.74, 6) is 2.03. The molecule has 2 rings (SSSR count). The number of guanidine groups is 1. The molecule has 1 heterocycles. The van der Waals surface area contributed by atoms with Gasteiger partial charge >= 0.3 is 0 Å². The number of aliphatic imine (C=N–C) groups is 1. The molecule has 23 heavy (non-hydrogen) atoms. The molecule has 1 fully saturated rings. The predicted octanol–water partition coefficient (Wildman–Crippen LogP) is 2.27. The first kappa shape index (κ1) is 20.6.